The van der Waals surface area contributed by atoms with E-state index in [9.17, 15) is 4.39 Å². The van der Waals surface area contributed by atoms with E-state index >= 15 is 0 Å². The lowest BCUT2D eigenvalue weighted by Crippen LogP contribution is -1.89. The summed E-state index contributed by atoms with van der Waals surface area (Å²) in [5, 5.41) is 0.360. The molecule has 0 aliphatic carbocycles. The molecule has 16 heavy (non-hydrogen) atoms. The second-order valence-electron chi connectivity index (χ2n) is 3.00. The number of benzene rings is 1. The molecule has 2 nitrogen and oxygen atoms in total. The number of hydrogen-bond acceptors (Lipinski definition) is 2. The van der Waals surface area contributed by atoms with Gasteiger partial charge < -0.3 is 4.74 Å². The molecule has 0 bridgehead atoms. The molecular formula is C11H6BrClFNO. The maximum atomic E-state index is 12.9. The first-order valence-electron chi connectivity index (χ1n) is 4.39. The van der Waals surface area contributed by atoms with E-state index < -0.39 is 0 Å². The highest BCUT2D eigenvalue weighted by Crippen LogP contribution is 2.29. The van der Waals surface area contributed by atoms with Crippen LogP contribution in [0.25, 0.3) is 0 Å². The van der Waals surface area contributed by atoms with Crippen LogP contribution in [-0.2, 0) is 0 Å². The first kappa shape index (κ1) is 11.4. The number of ether oxygens (including phenoxy) is 1. The van der Waals surface area contributed by atoms with Gasteiger partial charge in [-0.2, -0.15) is 0 Å². The third-order valence-corrected chi connectivity index (χ3v) is 2.49. The smallest absolute Gasteiger partial charge is 0.238 e. The quantitative estimate of drug-likeness (QED) is 0.819. The van der Waals surface area contributed by atoms with Crippen LogP contribution in [0.4, 0.5) is 4.39 Å². The van der Waals surface area contributed by atoms with Gasteiger partial charge in [-0.15, -0.1) is 0 Å². The maximum Gasteiger partial charge on any atom is 0.238 e. The van der Waals surface area contributed by atoms with E-state index in [-0.39, 0.29) is 11.7 Å². The summed E-state index contributed by atoms with van der Waals surface area (Å²) in [6.45, 7) is 0. The van der Waals surface area contributed by atoms with Gasteiger partial charge >= 0.3 is 0 Å². The minimum atomic E-state index is -0.370. The van der Waals surface area contributed by atoms with Gasteiger partial charge in [0, 0.05) is 16.7 Å². The molecule has 2 aromatic rings. The molecule has 0 aliphatic heterocycles. The Bertz CT molecular complexity index is 521. The molecule has 0 saturated carbocycles. The molecule has 0 atom stereocenters. The standard InChI is InChI=1S/C11H6BrClFNO/c12-7-4-10(13)11(15-6-7)16-9-3-1-2-8(14)5-9/h1-6H. The molecule has 1 aromatic heterocycles. The van der Waals surface area contributed by atoms with Gasteiger partial charge in [0.15, 0.2) is 0 Å². The van der Waals surface area contributed by atoms with Crippen molar-refractivity contribution in [2.45, 2.75) is 0 Å². The second-order valence-corrected chi connectivity index (χ2v) is 4.32. The van der Waals surface area contributed by atoms with Gasteiger partial charge in [0.05, 0.1) is 0 Å². The van der Waals surface area contributed by atoms with Crippen LogP contribution < -0.4 is 4.74 Å². The molecule has 0 aliphatic rings. The lowest BCUT2D eigenvalue weighted by atomic mass is 10.3. The maximum absolute atomic E-state index is 12.9. The molecule has 0 amide bonds. The Kier molecular flexibility index (Phi) is 3.41. The molecule has 1 aromatic carbocycles. The number of nitrogens with zero attached hydrogens (tertiary/aromatic N) is 1. The summed E-state index contributed by atoms with van der Waals surface area (Å²) < 4.78 is 19.0. The fraction of sp³-hybridized carbons (Fsp3) is 0. The van der Waals surface area contributed by atoms with E-state index in [1.807, 2.05) is 0 Å². The molecule has 0 saturated heterocycles. The van der Waals surface area contributed by atoms with Crippen molar-refractivity contribution in [3.8, 4) is 11.6 Å². The molecule has 82 valence electrons. The SMILES string of the molecule is Fc1cccc(Oc2ncc(Br)cc2Cl)c1. The van der Waals surface area contributed by atoms with Gasteiger partial charge in [-0.25, -0.2) is 9.37 Å². The highest BCUT2D eigenvalue weighted by atomic mass is 79.9. The van der Waals surface area contributed by atoms with Crippen molar-refractivity contribution in [1.29, 1.82) is 0 Å². The topological polar surface area (TPSA) is 22.1 Å². The summed E-state index contributed by atoms with van der Waals surface area (Å²) in [7, 11) is 0. The van der Waals surface area contributed by atoms with E-state index in [2.05, 4.69) is 20.9 Å². The third kappa shape index (κ3) is 2.71. The van der Waals surface area contributed by atoms with Crippen LogP contribution in [0.3, 0.4) is 0 Å². The first-order valence-corrected chi connectivity index (χ1v) is 5.57. The Labute approximate surface area is 105 Å². The average Bonchev–Trinajstić information content (AvgIpc) is 2.22. The highest BCUT2D eigenvalue weighted by Gasteiger charge is 2.05. The van der Waals surface area contributed by atoms with Crippen LogP contribution in [0.5, 0.6) is 11.6 Å². The largest absolute Gasteiger partial charge is 0.437 e. The summed E-state index contributed by atoms with van der Waals surface area (Å²) in [6.07, 6.45) is 1.56. The minimum Gasteiger partial charge on any atom is -0.437 e. The van der Waals surface area contributed by atoms with Crippen molar-refractivity contribution in [2.24, 2.45) is 0 Å². The van der Waals surface area contributed by atoms with Gasteiger partial charge in [-0.1, -0.05) is 17.7 Å². The normalized spacial score (nSPS) is 10.2. The van der Waals surface area contributed by atoms with Crippen molar-refractivity contribution in [3.05, 3.63) is 51.8 Å². The monoisotopic (exact) mass is 301 g/mol. The molecule has 5 heteroatoms. The Balaban J connectivity index is 2.27. The van der Waals surface area contributed by atoms with E-state index in [0.29, 0.717) is 10.8 Å². The zero-order valence-corrected chi connectivity index (χ0v) is 10.3. The summed E-state index contributed by atoms with van der Waals surface area (Å²) >= 11 is 9.14. The lowest BCUT2D eigenvalue weighted by Gasteiger charge is -2.06. The number of pyridine rings is 1. The van der Waals surface area contributed by atoms with E-state index in [4.69, 9.17) is 16.3 Å². The summed E-state index contributed by atoms with van der Waals surface area (Å²) in [6, 6.07) is 7.44. The fourth-order valence-electron chi connectivity index (χ4n) is 1.12. The summed E-state index contributed by atoms with van der Waals surface area (Å²) in [5.41, 5.74) is 0. The minimum absolute atomic E-state index is 0.246. The number of hydrogen-bond donors (Lipinski definition) is 0. The molecule has 0 N–H and O–H groups in total. The highest BCUT2D eigenvalue weighted by molar-refractivity contribution is 9.10. The summed E-state index contributed by atoms with van der Waals surface area (Å²) in [5.74, 6) is 0.234. The van der Waals surface area contributed by atoms with E-state index in [1.54, 1.807) is 24.4 Å². The number of rotatable bonds is 2. The number of halogens is 3. The summed E-state index contributed by atoms with van der Waals surface area (Å²) in [4.78, 5) is 3.98. The van der Waals surface area contributed by atoms with Crippen molar-refractivity contribution in [1.82, 2.24) is 4.98 Å². The molecule has 1 heterocycles. The van der Waals surface area contributed by atoms with Crippen LogP contribution in [0.2, 0.25) is 5.02 Å². The van der Waals surface area contributed by atoms with Gasteiger partial charge in [0.2, 0.25) is 5.88 Å². The van der Waals surface area contributed by atoms with Crippen molar-refractivity contribution in [2.75, 3.05) is 0 Å². The van der Waals surface area contributed by atoms with Gasteiger partial charge in [0.25, 0.3) is 0 Å². The lowest BCUT2D eigenvalue weighted by molar-refractivity contribution is 0.458. The van der Waals surface area contributed by atoms with Crippen LogP contribution in [0.1, 0.15) is 0 Å². The Morgan fingerprint density at radius 3 is 2.81 bits per heavy atom. The predicted octanol–water partition coefficient (Wildman–Crippen LogP) is 4.43. The molecular weight excluding hydrogens is 296 g/mol. The zero-order valence-electron chi connectivity index (χ0n) is 7.95. The second kappa shape index (κ2) is 4.80. The van der Waals surface area contributed by atoms with Crippen LogP contribution in [0.15, 0.2) is 41.0 Å². The Morgan fingerprint density at radius 1 is 1.31 bits per heavy atom. The average molecular weight is 303 g/mol. The van der Waals surface area contributed by atoms with Gasteiger partial charge in [-0.05, 0) is 34.1 Å². The van der Waals surface area contributed by atoms with Crippen LogP contribution in [0, 0.1) is 5.82 Å². The van der Waals surface area contributed by atoms with Gasteiger partial charge in [-0.3, -0.25) is 0 Å². The molecule has 0 spiro atoms. The Morgan fingerprint density at radius 2 is 2.12 bits per heavy atom. The zero-order chi connectivity index (χ0) is 11.5. The van der Waals surface area contributed by atoms with Crippen molar-refractivity contribution in [3.63, 3.8) is 0 Å². The van der Waals surface area contributed by atoms with Gasteiger partial charge in [0.1, 0.15) is 16.6 Å². The molecule has 0 radical (unpaired) electrons. The molecule has 0 unspecified atom stereocenters. The molecule has 0 fully saturated rings. The van der Waals surface area contributed by atoms with Crippen molar-refractivity contribution >= 4 is 27.5 Å². The third-order valence-electron chi connectivity index (χ3n) is 1.78. The predicted molar refractivity (Wildman–Crippen MR) is 63.4 cm³/mol. The molecule has 2 rings (SSSR count). The Hall–Kier alpha value is -1.13. The van der Waals surface area contributed by atoms with Crippen molar-refractivity contribution < 1.29 is 9.13 Å². The van der Waals surface area contributed by atoms with Crippen LogP contribution in [-0.4, -0.2) is 4.98 Å². The number of aromatic nitrogens is 1. The fourth-order valence-corrected chi connectivity index (χ4v) is 1.79. The van der Waals surface area contributed by atoms with Crippen LogP contribution >= 0.6 is 27.5 Å². The first-order chi connectivity index (χ1) is 7.65. The van der Waals surface area contributed by atoms with E-state index in [0.717, 1.165) is 4.47 Å². The van der Waals surface area contributed by atoms with E-state index in [1.165, 1.54) is 12.1 Å².